The number of hydrogen-bond acceptors (Lipinski definition) is 3. The molecule has 4 heteroatoms. The zero-order valence-electron chi connectivity index (χ0n) is 9.03. The number of amides is 1. The maximum absolute atomic E-state index is 11.5. The van der Waals surface area contributed by atoms with Crippen LogP contribution in [-0.4, -0.2) is 28.1 Å². The van der Waals surface area contributed by atoms with E-state index in [9.17, 15) is 4.79 Å². The largest absolute Gasteiger partial charge is 0.394 e. The molecule has 0 unspecified atom stereocenters. The Balaban J connectivity index is 2.51. The third kappa shape index (κ3) is 4.08. The van der Waals surface area contributed by atoms with Crippen molar-refractivity contribution in [2.75, 3.05) is 6.61 Å². The molecule has 0 saturated heterocycles. The van der Waals surface area contributed by atoms with E-state index < -0.39 is 5.54 Å². The lowest BCUT2D eigenvalue weighted by atomic mass is 10.1. The monoisotopic (exact) mass is 208 g/mol. The van der Waals surface area contributed by atoms with Crippen LogP contribution in [-0.2, 0) is 11.2 Å². The minimum Gasteiger partial charge on any atom is -0.394 e. The van der Waals surface area contributed by atoms with Crippen molar-refractivity contribution >= 4 is 5.91 Å². The summed E-state index contributed by atoms with van der Waals surface area (Å²) in [5.74, 6) is -0.109. The van der Waals surface area contributed by atoms with Crippen LogP contribution in [0.2, 0.25) is 0 Å². The zero-order valence-corrected chi connectivity index (χ0v) is 9.03. The molecule has 2 N–H and O–H groups in total. The summed E-state index contributed by atoms with van der Waals surface area (Å²) in [6.07, 6.45) is 3.61. The fraction of sp³-hybridized carbons (Fsp3) is 0.455. The van der Waals surface area contributed by atoms with E-state index in [0.29, 0.717) is 0 Å². The van der Waals surface area contributed by atoms with Crippen molar-refractivity contribution in [3.05, 3.63) is 30.1 Å². The molecular weight excluding hydrogens is 192 g/mol. The molecule has 1 amide bonds. The van der Waals surface area contributed by atoms with Crippen LogP contribution < -0.4 is 5.32 Å². The molecule has 0 fully saturated rings. The summed E-state index contributed by atoms with van der Waals surface area (Å²) in [6.45, 7) is 3.47. The quantitative estimate of drug-likeness (QED) is 0.758. The normalized spacial score (nSPS) is 11.1. The molecular formula is C11H16N2O2. The highest BCUT2D eigenvalue weighted by molar-refractivity contribution is 5.79. The van der Waals surface area contributed by atoms with Gasteiger partial charge in [-0.15, -0.1) is 0 Å². The van der Waals surface area contributed by atoms with Crippen LogP contribution >= 0.6 is 0 Å². The highest BCUT2D eigenvalue weighted by Crippen LogP contribution is 2.02. The Bertz CT molecular complexity index is 323. The highest BCUT2D eigenvalue weighted by atomic mass is 16.3. The number of nitrogens with zero attached hydrogens (tertiary/aromatic N) is 1. The van der Waals surface area contributed by atoms with E-state index in [1.165, 1.54) is 0 Å². The number of aliphatic hydroxyl groups excluding tert-OH is 1. The average Bonchev–Trinajstić information content (AvgIpc) is 2.18. The highest BCUT2D eigenvalue weighted by Gasteiger charge is 2.18. The van der Waals surface area contributed by atoms with Crippen LogP contribution in [0.25, 0.3) is 0 Å². The smallest absolute Gasteiger partial charge is 0.224 e. The SMILES string of the molecule is CC(C)(CO)NC(=O)Cc1cccnc1. The first-order valence-corrected chi connectivity index (χ1v) is 4.84. The first-order valence-electron chi connectivity index (χ1n) is 4.84. The lowest BCUT2D eigenvalue weighted by Crippen LogP contribution is -2.46. The topological polar surface area (TPSA) is 62.2 Å². The standard InChI is InChI=1S/C11H16N2O2/c1-11(2,8-14)13-10(15)6-9-4-3-5-12-7-9/h3-5,7,14H,6,8H2,1-2H3,(H,13,15). The van der Waals surface area contributed by atoms with Crippen molar-refractivity contribution in [3.63, 3.8) is 0 Å². The van der Waals surface area contributed by atoms with Crippen LogP contribution in [0.15, 0.2) is 24.5 Å². The van der Waals surface area contributed by atoms with Gasteiger partial charge in [-0.25, -0.2) is 0 Å². The van der Waals surface area contributed by atoms with Gasteiger partial charge in [0, 0.05) is 12.4 Å². The molecule has 0 radical (unpaired) electrons. The fourth-order valence-corrected chi connectivity index (χ4v) is 1.15. The van der Waals surface area contributed by atoms with Gasteiger partial charge in [-0.3, -0.25) is 9.78 Å². The van der Waals surface area contributed by atoms with Gasteiger partial charge in [0.2, 0.25) is 5.91 Å². The zero-order chi connectivity index (χ0) is 11.3. The van der Waals surface area contributed by atoms with E-state index in [1.54, 1.807) is 32.3 Å². The van der Waals surface area contributed by atoms with Gasteiger partial charge in [-0.2, -0.15) is 0 Å². The average molecular weight is 208 g/mol. The number of rotatable bonds is 4. The number of hydrogen-bond donors (Lipinski definition) is 2. The van der Waals surface area contributed by atoms with Gasteiger partial charge in [0.05, 0.1) is 18.6 Å². The lowest BCUT2D eigenvalue weighted by Gasteiger charge is -2.23. The minimum atomic E-state index is -0.570. The molecule has 0 aromatic carbocycles. The Kier molecular flexibility index (Phi) is 3.80. The van der Waals surface area contributed by atoms with Crippen molar-refractivity contribution in [1.82, 2.24) is 10.3 Å². The molecule has 1 heterocycles. The first kappa shape index (κ1) is 11.7. The summed E-state index contributed by atoms with van der Waals surface area (Å²) in [5.41, 5.74) is 0.294. The molecule has 0 spiro atoms. The van der Waals surface area contributed by atoms with E-state index in [-0.39, 0.29) is 18.9 Å². The number of pyridine rings is 1. The van der Waals surface area contributed by atoms with Crippen LogP contribution in [0.4, 0.5) is 0 Å². The second-order valence-corrected chi connectivity index (χ2v) is 4.13. The number of carbonyl (C=O) groups excluding carboxylic acids is 1. The number of aliphatic hydroxyl groups is 1. The summed E-state index contributed by atoms with van der Waals surface area (Å²) < 4.78 is 0. The lowest BCUT2D eigenvalue weighted by molar-refractivity contribution is -0.122. The van der Waals surface area contributed by atoms with Crippen LogP contribution in [0.3, 0.4) is 0 Å². The predicted molar refractivity (Wildman–Crippen MR) is 57.2 cm³/mol. The predicted octanol–water partition coefficient (Wildman–Crippen LogP) is 0.511. The molecule has 0 aliphatic carbocycles. The minimum absolute atomic E-state index is 0.0776. The van der Waals surface area contributed by atoms with Gasteiger partial charge >= 0.3 is 0 Å². The molecule has 15 heavy (non-hydrogen) atoms. The summed E-state index contributed by atoms with van der Waals surface area (Å²) in [4.78, 5) is 15.5. The first-order chi connectivity index (χ1) is 7.03. The van der Waals surface area contributed by atoms with E-state index >= 15 is 0 Å². The van der Waals surface area contributed by atoms with Crippen molar-refractivity contribution in [3.8, 4) is 0 Å². The molecule has 1 aromatic heterocycles. The van der Waals surface area contributed by atoms with Crippen LogP contribution in [0.5, 0.6) is 0 Å². The molecule has 1 rings (SSSR count). The van der Waals surface area contributed by atoms with Crippen molar-refractivity contribution in [1.29, 1.82) is 0 Å². The molecule has 0 aliphatic heterocycles. The maximum Gasteiger partial charge on any atom is 0.224 e. The number of nitrogens with one attached hydrogen (secondary N) is 1. The van der Waals surface area contributed by atoms with Crippen molar-refractivity contribution < 1.29 is 9.90 Å². The third-order valence-corrected chi connectivity index (χ3v) is 1.96. The molecule has 82 valence electrons. The molecule has 0 atom stereocenters. The summed E-state index contributed by atoms with van der Waals surface area (Å²) in [6, 6.07) is 3.64. The Morgan fingerprint density at radius 2 is 2.33 bits per heavy atom. The van der Waals surface area contributed by atoms with Gasteiger partial charge in [0.25, 0.3) is 0 Å². The molecule has 4 nitrogen and oxygen atoms in total. The Morgan fingerprint density at radius 3 is 2.87 bits per heavy atom. The van der Waals surface area contributed by atoms with Gasteiger partial charge in [-0.1, -0.05) is 6.07 Å². The number of aromatic nitrogens is 1. The van der Waals surface area contributed by atoms with Gasteiger partial charge < -0.3 is 10.4 Å². The Hall–Kier alpha value is -1.42. The van der Waals surface area contributed by atoms with Gasteiger partial charge in [0.1, 0.15) is 0 Å². The van der Waals surface area contributed by atoms with E-state index in [4.69, 9.17) is 5.11 Å². The molecule has 0 bridgehead atoms. The second-order valence-electron chi connectivity index (χ2n) is 4.13. The van der Waals surface area contributed by atoms with E-state index in [0.717, 1.165) is 5.56 Å². The van der Waals surface area contributed by atoms with Crippen LogP contribution in [0.1, 0.15) is 19.4 Å². The van der Waals surface area contributed by atoms with Crippen molar-refractivity contribution in [2.24, 2.45) is 0 Å². The second kappa shape index (κ2) is 4.89. The molecule has 1 aromatic rings. The van der Waals surface area contributed by atoms with Gasteiger partial charge in [0.15, 0.2) is 0 Å². The molecule has 0 saturated carbocycles. The fourth-order valence-electron chi connectivity index (χ4n) is 1.15. The Morgan fingerprint density at radius 1 is 1.60 bits per heavy atom. The van der Waals surface area contributed by atoms with E-state index in [1.807, 2.05) is 6.07 Å². The summed E-state index contributed by atoms with van der Waals surface area (Å²) in [7, 11) is 0. The van der Waals surface area contributed by atoms with Gasteiger partial charge in [-0.05, 0) is 25.5 Å². The van der Waals surface area contributed by atoms with Crippen LogP contribution in [0, 0.1) is 0 Å². The maximum atomic E-state index is 11.5. The summed E-state index contributed by atoms with van der Waals surface area (Å²) in [5, 5.41) is 11.7. The summed E-state index contributed by atoms with van der Waals surface area (Å²) >= 11 is 0. The molecule has 0 aliphatic rings. The third-order valence-electron chi connectivity index (χ3n) is 1.96. The van der Waals surface area contributed by atoms with E-state index in [2.05, 4.69) is 10.3 Å². The van der Waals surface area contributed by atoms with Crippen molar-refractivity contribution in [2.45, 2.75) is 25.8 Å². The Labute approximate surface area is 89.3 Å². The number of carbonyl (C=O) groups is 1.